The Balaban J connectivity index is 1.79. The van der Waals surface area contributed by atoms with Crippen LogP contribution in [0.3, 0.4) is 0 Å². The Kier molecular flexibility index (Phi) is 4.42. The molecule has 27 heavy (non-hydrogen) atoms. The lowest BCUT2D eigenvalue weighted by atomic mass is 10.0. The summed E-state index contributed by atoms with van der Waals surface area (Å²) in [6, 6.07) is 3.43. The van der Waals surface area contributed by atoms with Gasteiger partial charge in [0.25, 0.3) is 5.91 Å². The number of nitrogens with one attached hydrogen (secondary N) is 1. The summed E-state index contributed by atoms with van der Waals surface area (Å²) in [5.41, 5.74) is 1.34. The van der Waals surface area contributed by atoms with Gasteiger partial charge >= 0.3 is 6.18 Å². The van der Waals surface area contributed by atoms with Crippen LogP contribution in [-0.2, 0) is 11.2 Å². The molecule has 0 saturated carbocycles. The summed E-state index contributed by atoms with van der Waals surface area (Å²) in [5.74, 6) is 0.251. The molecule has 1 saturated heterocycles. The molecule has 0 bridgehead atoms. The van der Waals surface area contributed by atoms with Crippen LogP contribution in [0.1, 0.15) is 16.1 Å². The van der Waals surface area contributed by atoms with Gasteiger partial charge in [0.1, 0.15) is 11.5 Å². The Labute approximate surface area is 152 Å². The van der Waals surface area contributed by atoms with Gasteiger partial charge in [0.2, 0.25) is 0 Å². The number of amides is 1. The number of hydrogen-bond donors (Lipinski definition) is 1. The number of fused-ring (bicyclic) bond motifs is 1. The number of carbonyl (C=O) groups is 1. The Bertz CT molecular complexity index is 860. The lowest BCUT2D eigenvalue weighted by Gasteiger charge is -2.36. The number of hydrogen-bond acceptors (Lipinski definition) is 6. The van der Waals surface area contributed by atoms with Gasteiger partial charge in [-0.2, -0.15) is 13.2 Å². The van der Waals surface area contributed by atoms with Crippen molar-refractivity contribution in [3.8, 4) is 11.4 Å². The van der Waals surface area contributed by atoms with Gasteiger partial charge in [-0.05, 0) is 18.6 Å². The molecule has 4 rings (SSSR count). The monoisotopic (exact) mass is 379 g/mol. The molecule has 142 valence electrons. The number of nitrogens with zero attached hydrogens (tertiary/aromatic N) is 4. The summed E-state index contributed by atoms with van der Waals surface area (Å²) in [6.45, 7) is 0.198. The third-order valence-electron chi connectivity index (χ3n) is 4.51. The maximum Gasteiger partial charge on any atom is 0.416 e. The van der Waals surface area contributed by atoms with Crippen molar-refractivity contribution >= 4 is 11.7 Å². The quantitative estimate of drug-likeness (QED) is 0.854. The molecule has 0 radical (unpaired) electrons. The van der Waals surface area contributed by atoms with Crippen LogP contribution < -0.4 is 10.2 Å². The van der Waals surface area contributed by atoms with E-state index in [-0.39, 0.29) is 37.1 Å². The highest BCUT2D eigenvalue weighted by molar-refractivity contribution is 5.96. The number of alkyl halides is 3. The van der Waals surface area contributed by atoms with Crippen LogP contribution in [0.15, 0.2) is 24.5 Å². The van der Waals surface area contributed by atoms with Gasteiger partial charge in [0.05, 0.1) is 13.2 Å². The number of pyridine rings is 1. The van der Waals surface area contributed by atoms with Gasteiger partial charge in [-0.25, -0.2) is 9.97 Å². The smallest absolute Gasteiger partial charge is 0.365 e. The van der Waals surface area contributed by atoms with Gasteiger partial charge < -0.3 is 15.0 Å². The molecule has 0 aliphatic carbocycles. The van der Waals surface area contributed by atoms with E-state index in [1.807, 2.05) is 0 Å². The van der Waals surface area contributed by atoms with Crippen molar-refractivity contribution < 1.29 is 22.7 Å². The summed E-state index contributed by atoms with van der Waals surface area (Å²) < 4.78 is 44.2. The molecule has 4 heterocycles. The third kappa shape index (κ3) is 3.44. The molecule has 1 fully saturated rings. The first kappa shape index (κ1) is 17.7. The van der Waals surface area contributed by atoms with E-state index in [1.54, 1.807) is 24.5 Å². The number of ether oxygens (including phenoxy) is 1. The summed E-state index contributed by atoms with van der Waals surface area (Å²) >= 11 is 0. The molecule has 2 aliphatic heterocycles. The van der Waals surface area contributed by atoms with E-state index in [1.165, 1.54) is 4.90 Å². The molecule has 1 N–H and O–H groups in total. The first-order chi connectivity index (χ1) is 12.9. The van der Waals surface area contributed by atoms with Crippen molar-refractivity contribution in [2.75, 3.05) is 31.1 Å². The third-order valence-corrected chi connectivity index (χ3v) is 4.51. The molecule has 2 aliphatic rings. The Hall–Kier alpha value is -2.75. The fraction of sp³-hybridized carbons (Fsp3) is 0.412. The molecule has 1 unspecified atom stereocenters. The Morgan fingerprint density at radius 1 is 1.30 bits per heavy atom. The maximum atomic E-state index is 13.1. The number of morpholine rings is 1. The van der Waals surface area contributed by atoms with Crippen LogP contribution >= 0.6 is 0 Å². The van der Waals surface area contributed by atoms with Gasteiger partial charge in [-0.1, -0.05) is 0 Å². The van der Waals surface area contributed by atoms with Gasteiger partial charge in [0, 0.05) is 36.6 Å². The first-order valence-electron chi connectivity index (χ1n) is 8.46. The minimum Gasteiger partial charge on any atom is -0.365 e. The molecular weight excluding hydrogens is 363 g/mol. The summed E-state index contributed by atoms with van der Waals surface area (Å²) in [6.07, 6.45) is -2.76. The molecule has 1 amide bonds. The summed E-state index contributed by atoms with van der Waals surface area (Å²) in [5, 5.41) is 2.71. The molecule has 2 aromatic heterocycles. The van der Waals surface area contributed by atoms with Crippen molar-refractivity contribution in [1.82, 2.24) is 20.3 Å². The Morgan fingerprint density at radius 2 is 2.15 bits per heavy atom. The van der Waals surface area contributed by atoms with Crippen LogP contribution in [0.2, 0.25) is 0 Å². The highest BCUT2D eigenvalue weighted by atomic mass is 19.4. The zero-order valence-electron chi connectivity index (χ0n) is 14.2. The van der Waals surface area contributed by atoms with E-state index in [0.717, 1.165) is 0 Å². The highest BCUT2D eigenvalue weighted by Crippen LogP contribution is 2.31. The molecule has 0 aromatic carbocycles. The Morgan fingerprint density at radius 3 is 2.89 bits per heavy atom. The average molecular weight is 379 g/mol. The number of anilines is 1. The predicted molar refractivity (Wildman–Crippen MR) is 89.3 cm³/mol. The predicted octanol–water partition coefficient (Wildman–Crippen LogP) is 1.59. The lowest BCUT2D eigenvalue weighted by Crippen LogP contribution is -2.50. The van der Waals surface area contributed by atoms with E-state index in [0.29, 0.717) is 29.9 Å². The SMILES string of the molecule is O=C1NCCc2c1nc(-c1cccnc1)nc2N1CCOC(C(F)(F)F)C1. The van der Waals surface area contributed by atoms with Gasteiger partial charge in [-0.3, -0.25) is 9.78 Å². The van der Waals surface area contributed by atoms with E-state index in [2.05, 4.69) is 20.3 Å². The van der Waals surface area contributed by atoms with Crippen molar-refractivity contribution in [1.29, 1.82) is 0 Å². The zero-order valence-corrected chi connectivity index (χ0v) is 14.2. The van der Waals surface area contributed by atoms with Crippen molar-refractivity contribution in [3.05, 3.63) is 35.8 Å². The second-order valence-corrected chi connectivity index (χ2v) is 6.29. The van der Waals surface area contributed by atoms with Gasteiger partial charge in [-0.15, -0.1) is 0 Å². The van der Waals surface area contributed by atoms with E-state index in [4.69, 9.17) is 4.74 Å². The van der Waals surface area contributed by atoms with Crippen molar-refractivity contribution in [2.24, 2.45) is 0 Å². The molecular formula is C17H16F3N5O2. The van der Waals surface area contributed by atoms with E-state index in [9.17, 15) is 18.0 Å². The van der Waals surface area contributed by atoms with Crippen LogP contribution in [0.4, 0.5) is 19.0 Å². The number of aromatic nitrogens is 3. The van der Waals surface area contributed by atoms with Crippen molar-refractivity contribution in [2.45, 2.75) is 18.7 Å². The topological polar surface area (TPSA) is 80.2 Å². The minimum atomic E-state index is -4.46. The summed E-state index contributed by atoms with van der Waals surface area (Å²) in [4.78, 5) is 26.7. The van der Waals surface area contributed by atoms with Crippen LogP contribution in [0.25, 0.3) is 11.4 Å². The summed E-state index contributed by atoms with van der Waals surface area (Å²) in [7, 11) is 0. The molecule has 1 atom stereocenters. The van der Waals surface area contributed by atoms with Crippen molar-refractivity contribution in [3.63, 3.8) is 0 Å². The van der Waals surface area contributed by atoms with E-state index < -0.39 is 12.3 Å². The van der Waals surface area contributed by atoms with Crippen LogP contribution in [0, 0.1) is 0 Å². The molecule has 10 heteroatoms. The average Bonchev–Trinajstić information content (AvgIpc) is 2.68. The van der Waals surface area contributed by atoms with E-state index >= 15 is 0 Å². The van der Waals surface area contributed by atoms with Gasteiger partial charge in [0.15, 0.2) is 11.9 Å². The van der Waals surface area contributed by atoms with Crippen LogP contribution in [-0.4, -0.2) is 59.4 Å². The first-order valence-corrected chi connectivity index (χ1v) is 8.46. The number of rotatable bonds is 2. The minimum absolute atomic E-state index is 0.0720. The number of halogens is 3. The fourth-order valence-corrected chi connectivity index (χ4v) is 3.20. The standard InChI is InChI=1S/C17H16F3N5O2/c18-17(19,20)12-9-25(6-7-27-12)15-11-3-5-22-16(26)13(11)23-14(24-15)10-2-1-4-21-8-10/h1-2,4,8,12H,3,5-7,9H2,(H,22,26). The largest absolute Gasteiger partial charge is 0.416 e. The maximum absolute atomic E-state index is 13.1. The lowest BCUT2D eigenvalue weighted by molar-refractivity contribution is -0.221. The zero-order chi connectivity index (χ0) is 19.0. The highest BCUT2D eigenvalue weighted by Gasteiger charge is 2.44. The molecule has 2 aromatic rings. The van der Waals surface area contributed by atoms with Crippen LogP contribution in [0.5, 0.6) is 0 Å². The fourth-order valence-electron chi connectivity index (χ4n) is 3.20. The molecule has 0 spiro atoms. The second kappa shape index (κ2) is 6.76. The molecule has 7 nitrogen and oxygen atoms in total. The second-order valence-electron chi connectivity index (χ2n) is 6.29. The number of carbonyl (C=O) groups excluding carboxylic acids is 1. The normalized spacial score (nSPS) is 20.2.